The Kier molecular flexibility index (Phi) is 17.3. The monoisotopic (exact) mass is 606 g/mol. The molecular weight excluding hydrogens is 552 g/mol. The van der Waals surface area contributed by atoms with Gasteiger partial charge in [0.25, 0.3) is 0 Å². The summed E-state index contributed by atoms with van der Waals surface area (Å²) in [5, 5.41) is 31.0. The van der Waals surface area contributed by atoms with Crippen LogP contribution >= 0.6 is 0 Å². The van der Waals surface area contributed by atoms with Gasteiger partial charge in [0.15, 0.2) is 6.29 Å². The summed E-state index contributed by atoms with van der Waals surface area (Å²) < 4.78 is 28.9. The predicted molar refractivity (Wildman–Crippen MR) is 166 cm³/mol. The average Bonchev–Trinajstić information content (AvgIpc) is 2.96. The molecule has 2 aliphatic rings. The second kappa shape index (κ2) is 20.0. The fourth-order valence-electron chi connectivity index (χ4n) is 5.44. The Labute approximate surface area is 257 Å². The molecule has 43 heavy (non-hydrogen) atoms. The molecule has 0 bridgehead atoms. The quantitative estimate of drug-likeness (QED) is 0.266. The molecule has 9 heteroatoms. The number of carbonyl (C=O) groups excluding carboxylic acids is 1. The third kappa shape index (κ3) is 12.8. The van der Waals surface area contributed by atoms with E-state index in [0.29, 0.717) is 31.6 Å². The summed E-state index contributed by atoms with van der Waals surface area (Å²) >= 11 is 0. The summed E-state index contributed by atoms with van der Waals surface area (Å²) in [4.78, 5) is 13.3. The van der Waals surface area contributed by atoms with E-state index < -0.39 is 55.5 Å². The summed E-state index contributed by atoms with van der Waals surface area (Å²) in [6.07, 6.45) is 13.4. The van der Waals surface area contributed by atoms with Crippen molar-refractivity contribution < 1.29 is 43.8 Å². The first-order chi connectivity index (χ1) is 20.6. The van der Waals surface area contributed by atoms with Crippen LogP contribution in [0.1, 0.15) is 72.6 Å². The van der Waals surface area contributed by atoms with Crippen LogP contribution in [-0.4, -0.2) is 91.1 Å². The first-order valence-electron chi connectivity index (χ1n) is 15.4. The van der Waals surface area contributed by atoms with Crippen LogP contribution in [0, 0.1) is 5.92 Å². The Morgan fingerprint density at radius 2 is 1.81 bits per heavy atom. The van der Waals surface area contributed by atoms with Gasteiger partial charge in [0.05, 0.1) is 25.2 Å². The van der Waals surface area contributed by atoms with Gasteiger partial charge in [0.1, 0.15) is 30.5 Å². The van der Waals surface area contributed by atoms with Gasteiger partial charge in [-0.25, -0.2) is 0 Å². The van der Waals surface area contributed by atoms with E-state index in [-0.39, 0.29) is 12.5 Å². The van der Waals surface area contributed by atoms with E-state index in [0.717, 1.165) is 24.0 Å². The van der Waals surface area contributed by atoms with E-state index in [2.05, 4.69) is 32.1 Å². The Bertz CT molecular complexity index is 969. The van der Waals surface area contributed by atoms with Crippen LogP contribution in [0.2, 0.25) is 0 Å². The minimum atomic E-state index is -1.33. The fourth-order valence-corrected chi connectivity index (χ4v) is 5.44. The maximum absolute atomic E-state index is 13.3. The number of cyclic esters (lactones) is 1. The van der Waals surface area contributed by atoms with E-state index in [1.165, 1.54) is 7.11 Å². The number of aliphatic hydroxyl groups excluding tert-OH is 3. The number of methoxy groups -OCH3 is 2. The zero-order valence-electron chi connectivity index (χ0n) is 26.8. The summed E-state index contributed by atoms with van der Waals surface area (Å²) in [5.41, 5.74) is 2.24. The molecule has 9 atom stereocenters. The van der Waals surface area contributed by atoms with Gasteiger partial charge in [-0.15, -0.1) is 0 Å². The maximum atomic E-state index is 13.3. The van der Waals surface area contributed by atoms with Crippen molar-refractivity contribution in [3.8, 4) is 0 Å². The summed E-state index contributed by atoms with van der Waals surface area (Å²) in [6.45, 7) is 7.75. The average molecular weight is 607 g/mol. The molecule has 0 aliphatic carbocycles. The lowest BCUT2D eigenvalue weighted by atomic mass is 9.97. The lowest BCUT2D eigenvalue weighted by molar-refractivity contribution is -0.315. The first kappa shape index (κ1) is 37.1. The molecule has 2 aliphatic heterocycles. The van der Waals surface area contributed by atoms with Gasteiger partial charge in [-0.3, -0.25) is 4.79 Å². The molecule has 1 saturated heterocycles. The largest absolute Gasteiger partial charge is 0.458 e. The SMILES string of the molecule is C/C=C/C/C(C)=C\[C@H]1C/C=C/C=C/C[C@H](C)/C=C(\C)[C@@H](OC)CCC[C@@H](O[C@@H]2O[C@H](CO)[C@@H](O)[C@H](OC)[C@H]2O)CC(=O)O1. The molecule has 0 saturated carbocycles. The molecule has 2 rings (SSSR count). The first-order valence-corrected chi connectivity index (χ1v) is 15.4. The molecule has 0 aromatic carbocycles. The van der Waals surface area contributed by atoms with Crippen molar-refractivity contribution in [2.24, 2.45) is 5.92 Å². The summed E-state index contributed by atoms with van der Waals surface area (Å²) in [5.74, 6) is -0.0904. The van der Waals surface area contributed by atoms with Gasteiger partial charge < -0.3 is 39.0 Å². The van der Waals surface area contributed by atoms with Crippen molar-refractivity contribution in [3.63, 3.8) is 0 Å². The van der Waals surface area contributed by atoms with E-state index in [9.17, 15) is 20.1 Å². The van der Waals surface area contributed by atoms with Gasteiger partial charge in [-0.05, 0) is 70.4 Å². The predicted octanol–water partition coefficient (Wildman–Crippen LogP) is 4.71. The van der Waals surface area contributed by atoms with Crippen LogP contribution in [0.3, 0.4) is 0 Å². The number of hydrogen-bond acceptors (Lipinski definition) is 9. The van der Waals surface area contributed by atoms with E-state index in [1.807, 2.05) is 44.2 Å². The fraction of sp³-hybridized carbons (Fsp3) is 0.676. The van der Waals surface area contributed by atoms with Gasteiger partial charge >= 0.3 is 5.97 Å². The van der Waals surface area contributed by atoms with Gasteiger partial charge in [0, 0.05) is 20.6 Å². The third-order valence-corrected chi connectivity index (χ3v) is 7.84. The number of aliphatic hydroxyl groups is 3. The van der Waals surface area contributed by atoms with Crippen molar-refractivity contribution >= 4 is 5.97 Å². The Morgan fingerprint density at radius 3 is 2.47 bits per heavy atom. The lowest BCUT2D eigenvalue weighted by Crippen LogP contribution is -2.60. The Hall–Kier alpha value is -2.11. The summed E-state index contributed by atoms with van der Waals surface area (Å²) in [7, 11) is 3.05. The van der Waals surface area contributed by atoms with Crippen LogP contribution in [0.5, 0.6) is 0 Å². The topological polar surface area (TPSA) is 124 Å². The number of ether oxygens (including phenoxy) is 5. The van der Waals surface area contributed by atoms with Crippen LogP contribution in [0.15, 0.2) is 59.8 Å². The molecule has 0 aromatic heterocycles. The number of carbonyl (C=O) groups is 1. The molecule has 1 fully saturated rings. The van der Waals surface area contributed by atoms with Crippen molar-refractivity contribution in [1.29, 1.82) is 0 Å². The van der Waals surface area contributed by atoms with Gasteiger partial charge in [-0.2, -0.15) is 0 Å². The van der Waals surface area contributed by atoms with E-state index >= 15 is 0 Å². The van der Waals surface area contributed by atoms with Crippen molar-refractivity contribution in [1.82, 2.24) is 0 Å². The minimum absolute atomic E-state index is 0.0675. The number of rotatable bonds is 8. The molecule has 0 spiro atoms. The molecule has 244 valence electrons. The molecule has 0 aromatic rings. The van der Waals surface area contributed by atoms with Crippen molar-refractivity contribution in [3.05, 3.63) is 59.8 Å². The molecule has 2 heterocycles. The Morgan fingerprint density at radius 1 is 1.09 bits per heavy atom. The minimum Gasteiger partial charge on any atom is -0.458 e. The lowest BCUT2D eigenvalue weighted by Gasteiger charge is -2.42. The number of allylic oxidation sites excluding steroid dienone is 7. The van der Waals surface area contributed by atoms with Crippen LogP contribution in [0.25, 0.3) is 0 Å². The van der Waals surface area contributed by atoms with Crippen molar-refractivity contribution in [2.75, 3.05) is 20.8 Å². The number of esters is 1. The second-order valence-corrected chi connectivity index (χ2v) is 11.6. The van der Waals surface area contributed by atoms with Gasteiger partial charge in [-0.1, -0.05) is 55.0 Å². The Balaban J connectivity index is 2.33. The molecule has 0 amide bonds. The highest BCUT2D eigenvalue weighted by atomic mass is 16.7. The van der Waals surface area contributed by atoms with Gasteiger partial charge in [0.2, 0.25) is 0 Å². The molecule has 0 unspecified atom stereocenters. The highest BCUT2D eigenvalue weighted by Crippen LogP contribution is 2.27. The second-order valence-electron chi connectivity index (χ2n) is 11.6. The number of hydrogen-bond donors (Lipinski definition) is 3. The van der Waals surface area contributed by atoms with Crippen molar-refractivity contribution in [2.45, 2.75) is 122 Å². The standard InChI is InChI=1S/C34H54O9/c1-7-8-14-24(3)20-26-16-12-10-9-11-15-23(2)19-25(4)28(39-5)18-13-17-27(21-30(36)41-26)42-34-32(38)33(40-6)31(37)29(22-35)43-34/h7-12,19-20,23,26-29,31-35,37-38H,13-18,21-22H2,1-6H3/b8-7+,11-9+,12-10+,24-20-,25-19+/t23-,26+,27+,28-,29+,31+,32+,33-,34+/m0/s1. The third-order valence-electron chi connectivity index (χ3n) is 7.84. The zero-order chi connectivity index (χ0) is 31.8. The van der Waals surface area contributed by atoms with Crippen LogP contribution < -0.4 is 0 Å². The normalized spacial score (nSPS) is 37.1. The summed E-state index contributed by atoms with van der Waals surface area (Å²) in [6, 6.07) is 0. The van der Waals surface area contributed by atoms with E-state index in [4.69, 9.17) is 23.7 Å². The van der Waals surface area contributed by atoms with E-state index in [1.54, 1.807) is 7.11 Å². The highest BCUT2D eigenvalue weighted by molar-refractivity contribution is 5.70. The molecular formula is C34H54O9. The maximum Gasteiger partial charge on any atom is 0.309 e. The van der Waals surface area contributed by atoms with Crippen LogP contribution in [-0.2, 0) is 28.5 Å². The molecule has 3 N–H and O–H groups in total. The molecule has 9 nitrogen and oxygen atoms in total. The molecule has 0 radical (unpaired) electrons. The highest BCUT2D eigenvalue weighted by Gasteiger charge is 2.46. The smallest absolute Gasteiger partial charge is 0.309 e. The van der Waals surface area contributed by atoms with Crippen LogP contribution in [0.4, 0.5) is 0 Å². The zero-order valence-corrected chi connectivity index (χ0v) is 26.8.